The Balaban J connectivity index is 4.02. The predicted molar refractivity (Wildman–Crippen MR) is 34.7 cm³/mol. The molecule has 0 N–H and O–H groups in total. The molecule has 0 bridgehead atoms. The molecule has 0 aliphatic carbocycles. The van der Waals surface area contributed by atoms with Gasteiger partial charge in [-0.25, -0.2) is 4.39 Å². The molecule has 0 heterocycles. The summed E-state index contributed by atoms with van der Waals surface area (Å²) in [7, 11) is 0. The lowest BCUT2D eigenvalue weighted by Gasteiger charge is -2.03. The number of alkyl halides is 3. The summed E-state index contributed by atoms with van der Waals surface area (Å²) in [5.41, 5.74) is 0. The number of allylic oxidation sites excluding steroid dienone is 2. The van der Waals surface area contributed by atoms with E-state index >= 15 is 0 Å². The van der Waals surface area contributed by atoms with Crippen LogP contribution in [0.25, 0.3) is 0 Å². The maximum Gasteiger partial charge on any atom is 0.442 e. The van der Waals surface area contributed by atoms with E-state index in [0.29, 0.717) is 6.08 Å². The topological polar surface area (TPSA) is 0 Å². The second-order valence-corrected chi connectivity index (χ2v) is 2.68. The molecular formula is C7H10F4. The van der Waals surface area contributed by atoms with Crippen molar-refractivity contribution in [3.63, 3.8) is 0 Å². The third-order valence-electron chi connectivity index (χ3n) is 1.04. The van der Waals surface area contributed by atoms with Gasteiger partial charge in [-0.1, -0.05) is 13.8 Å². The van der Waals surface area contributed by atoms with Crippen LogP contribution in [-0.2, 0) is 0 Å². The first-order chi connectivity index (χ1) is 4.84. The summed E-state index contributed by atoms with van der Waals surface area (Å²) in [6, 6.07) is 0. The third-order valence-corrected chi connectivity index (χ3v) is 1.04. The van der Waals surface area contributed by atoms with Crippen LogP contribution in [0.2, 0.25) is 0 Å². The minimum Gasteiger partial charge on any atom is -0.202 e. The molecule has 0 aliphatic heterocycles. The molecule has 11 heavy (non-hydrogen) atoms. The standard InChI is InChI=1S/C7H10F4/c1-5(2)3-4-6(8)7(9,10)11/h4-5H,3H2,1-2H3/b6-4+. The van der Waals surface area contributed by atoms with Crippen molar-refractivity contribution in [2.45, 2.75) is 26.4 Å². The van der Waals surface area contributed by atoms with Crippen LogP contribution in [0, 0.1) is 5.92 Å². The van der Waals surface area contributed by atoms with E-state index in [-0.39, 0.29) is 12.3 Å². The molecule has 0 amide bonds. The van der Waals surface area contributed by atoms with Crippen LogP contribution < -0.4 is 0 Å². The summed E-state index contributed by atoms with van der Waals surface area (Å²) in [4.78, 5) is 0. The second kappa shape index (κ2) is 3.74. The normalized spacial score (nSPS) is 14.3. The molecule has 0 rings (SSSR count). The van der Waals surface area contributed by atoms with Crippen molar-refractivity contribution < 1.29 is 17.6 Å². The predicted octanol–water partition coefficient (Wildman–Crippen LogP) is 3.45. The molecule has 0 aromatic rings. The van der Waals surface area contributed by atoms with E-state index in [1.54, 1.807) is 13.8 Å². The molecular weight excluding hydrogens is 160 g/mol. The Kier molecular flexibility index (Phi) is 3.55. The number of halogens is 4. The van der Waals surface area contributed by atoms with E-state index in [4.69, 9.17) is 0 Å². The Labute approximate surface area is 62.9 Å². The summed E-state index contributed by atoms with van der Waals surface area (Å²) in [6.45, 7) is 3.44. The number of hydrogen-bond donors (Lipinski definition) is 0. The van der Waals surface area contributed by atoms with Crippen molar-refractivity contribution in [2.75, 3.05) is 0 Å². The monoisotopic (exact) mass is 170 g/mol. The lowest BCUT2D eigenvalue weighted by atomic mass is 10.1. The van der Waals surface area contributed by atoms with Gasteiger partial charge in [0.15, 0.2) is 5.83 Å². The van der Waals surface area contributed by atoms with E-state index in [2.05, 4.69) is 0 Å². The van der Waals surface area contributed by atoms with Gasteiger partial charge in [0.1, 0.15) is 0 Å². The van der Waals surface area contributed by atoms with E-state index in [1.165, 1.54) is 0 Å². The Hall–Kier alpha value is -0.540. The first-order valence-corrected chi connectivity index (χ1v) is 3.27. The zero-order chi connectivity index (χ0) is 9.07. The molecule has 0 nitrogen and oxygen atoms in total. The van der Waals surface area contributed by atoms with Gasteiger partial charge in [0.25, 0.3) is 0 Å². The van der Waals surface area contributed by atoms with E-state index in [0.717, 1.165) is 0 Å². The summed E-state index contributed by atoms with van der Waals surface area (Å²) in [5.74, 6) is -1.95. The van der Waals surface area contributed by atoms with Crippen LogP contribution in [0.3, 0.4) is 0 Å². The Morgan fingerprint density at radius 1 is 1.36 bits per heavy atom. The average molecular weight is 170 g/mol. The highest BCUT2D eigenvalue weighted by Crippen LogP contribution is 2.27. The van der Waals surface area contributed by atoms with Gasteiger partial charge in [0.2, 0.25) is 0 Å². The highest BCUT2D eigenvalue weighted by atomic mass is 19.4. The van der Waals surface area contributed by atoms with Gasteiger partial charge in [-0.05, 0) is 18.4 Å². The van der Waals surface area contributed by atoms with Crippen molar-refractivity contribution in [1.82, 2.24) is 0 Å². The van der Waals surface area contributed by atoms with Crippen LogP contribution in [0.5, 0.6) is 0 Å². The lowest BCUT2D eigenvalue weighted by molar-refractivity contribution is -0.109. The second-order valence-electron chi connectivity index (χ2n) is 2.68. The molecule has 0 aromatic heterocycles. The van der Waals surface area contributed by atoms with Gasteiger partial charge >= 0.3 is 6.18 Å². The zero-order valence-electron chi connectivity index (χ0n) is 6.37. The number of hydrogen-bond acceptors (Lipinski definition) is 0. The number of rotatable bonds is 2. The first kappa shape index (κ1) is 10.5. The van der Waals surface area contributed by atoms with E-state index < -0.39 is 12.0 Å². The Bertz CT molecular complexity index is 143. The highest BCUT2D eigenvalue weighted by molar-refractivity contribution is 4.98. The quantitative estimate of drug-likeness (QED) is 0.557. The zero-order valence-corrected chi connectivity index (χ0v) is 6.37. The van der Waals surface area contributed by atoms with Crippen LogP contribution >= 0.6 is 0 Å². The van der Waals surface area contributed by atoms with Crippen LogP contribution in [0.4, 0.5) is 17.6 Å². The first-order valence-electron chi connectivity index (χ1n) is 3.27. The van der Waals surface area contributed by atoms with E-state index in [1.807, 2.05) is 0 Å². The fourth-order valence-electron chi connectivity index (χ4n) is 0.455. The van der Waals surface area contributed by atoms with Gasteiger partial charge in [-0.15, -0.1) is 0 Å². The van der Waals surface area contributed by atoms with Gasteiger partial charge in [-0.2, -0.15) is 13.2 Å². The maximum atomic E-state index is 12.0. The Morgan fingerprint density at radius 3 is 2.09 bits per heavy atom. The van der Waals surface area contributed by atoms with Crippen LogP contribution in [0.15, 0.2) is 11.9 Å². The summed E-state index contributed by atoms with van der Waals surface area (Å²) >= 11 is 0. The fraction of sp³-hybridized carbons (Fsp3) is 0.714. The molecule has 0 aromatic carbocycles. The summed E-state index contributed by atoms with van der Waals surface area (Å²) < 4.78 is 46.4. The summed E-state index contributed by atoms with van der Waals surface area (Å²) in [5, 5.41) is 0. The van der Waals surface area contributed by atoms with Crippen LogP contribution in [0.1, 0.15) is 20.3 Å². The average Bonchev–Trinajstić information content (AvgIpc) is 1.80. The maximum absolute atomic E-state index is 12.0. The van der Waals surface area contributed by atoms with Crippen molar-refractivity contribution in [1.29, 1.82) is 0 Å². The molecule has 0 radical (unpaired) electrons. The molecule has 0 aliphatic rings. The van der Waals surface area contributed by atoms with Crippen molar-refractivity contribution in [2.24, 2.45) is 5.92 Å². The van der Waals surface area contributed by atoms with Gasteiger partial charge in [0, 0.05) is 0 Å². The van der Waals surface area contributed by atoms with Crippen molar-refractivity contribution >= 4 is 0 Å². The minimum atomic E-state index is -4.81. The molecule has 0 spiro atoms. The fourth-order valence-corrected chi connectivity index (χ4v) is 0.455. The molecule has 0 fully saturated rings. The van der Waals surface area contributed by atoms with Crippen molar-refractivity contribution in [3.8, 4) is 0 Å². The van der Waals surface area contributed by atoms with Gasteiger partial charge in [0.05, 0.1) is 0 Å². The molecule has 0 atom stereocenters. The highest BCUT2D eigenvalue weighted by Gasteiger charge is 2.33. The molecule has 0 unspecified atom stereocenters. The van der Waals surface area contributed by atoms with E-state index in [9.17, 15) is 17.6 Å². The van der Waals surface area contributed by atoms with Gasteiger partial charge in [-0.3, -0.25) is 0 Å². The smallest absolute Gasteiger partial charge is 0.202 e. The SMILES string of the molecule is CC(C)C/C=C(/F)C(F)(F)F. The minimum absolute atomic E-state index is 0.0445. The largest absolute Gasteiger partial charge is 0.442 e. The molecule has 4 heteroatoms. The summed E-state index contributed by atoms with van der Waals surface area (Å²) in [6.07, 6.45) is -4.12. The molecule has 66 valence electrons. The molecule has 0 saturated carbocycles. The third kappa shape index (κ3) is 4.81. The van der Waals surface area contributed by atoms with Gasteiger partial charge < -0.3 is 0 Å². The Morgan fingerprint density at radius 2 is 1.82 bits per heavy atom. The van der Waals surface area contributed by atoms with Crippen molar-refractivity contribution in [3.05, 3.63) is 11.9 Å². The van der Waals surface area contributed by atoms with Crippen LogP contribution in [-0.4, -0.2) is 6.18 Å². The lowest BCUT2D eigenvalue weighted by Crippen LogP contribution is -2.07. The molecule has 0 saturated heterocycles.